The number of halogens is 1. The molecule has 20 heavy (non-hydrogen) atoms. The number of nitrogens with two attached hydrogens (primary N) is 1. The average Bonchev–Trinajstić information content (AvgIpc) is 2.80. The number of anilines is 1. The molecule has 1 saturated heterocycles. The molecule has 0 radical (unpaired) electrons. The Hall–Kier alpha value is -1.51. The molecule has 7 nitrogen and oxygen atoms in total. The Morgan fingerprint density at radius 3 is 2.80 bits per heavy atom. The van der Waals surface area contributed by atoms with Gasteiger partial charge in [0.25, 0.3) is 0 Å². The normalized spacial score (nSPS) is 19.2. The summed E-state index contributed by atoms with van der Waals surface area (Å²) in [7, 11) is -3.83. The zero-order valence-corrected chi connectivity index (χ0v) is 12.0. The maximum atomic E-state index is 12.2. The number of amides is 1. The molecule has 0 aromatic heterocycles. The van der Waals surface area contributed by atoms with E-state index in [9.17, 15) is 13.2 Å². The van der Waals surface area contributed by atoms with Crippen molar-refractivity contribution in [1.29, 1.82) is 0 Å². The summed E-state index contributed by atoms with van der Waals surface area (Å²) in [6.45, 7) is 0.418. The van der Waals surface area contributed by atoms with Crippen LogP contribution >= 0.6 is 11.6 Å². The van der Waals surface area contributed by atoms with Crippen LogP contribution in [-0.4, -0.2) is 43.6 Å². The third-order valence-corrected chi connectivity index (χ3v) is 5.03. The second-order valence-electron chi connectivity index (χ2n) is 4.53. The van der Waals surface area contributed by atoms with Gasteiger partial charge in [-0.1, -0.05) is 11.6 Å². The van der Waals surface area contributed by atoms with Crippen LogP contribution in [0.5, 0.6) is 0 Å². The van der Waals surface area contributed by atoms with Gasteiger partial charge < -0.3 is 15.7 Å². The van der Waals surface area contributed by atoms with Gasteiger partial charge in [-0.2, -0.15) is 0 Å². The molecule has 2 rings (SSSR count). The molecule has 1 fully saturated rings. The van der Waals surface area contributed by atoms with Crippen LogP contribution in [0.1, 0.15) is 6.42 Å². The molecule has 1 aromatic rings. The van der Waals surface area contributed by atoms with Crippen molar-refractivity contribution in [1.82, 2.24) is 9.62 Å². The summed E-state index contributed by atoms with van der Waals surface area (Å²) in [6, 6.07) is 3.72. The van der Waals surface area contributed by atoms with Gasteiger partial charge in [0.2, 0.25) is 10.0 Å². The third kappa shape index (κ3) is 3.14. The Morgan fingerprint density at radius 1 is 1.50 bits per heavy atom. The summed E-state index contributed by atoms with van der Waals surface area (Å²) in [5, 5.41) is 8.91. The van der Waals surface area contributed by atoms with Crippen LogP contribution in [0.25, 0.3) is 0 Å². The van der Waals surface area contributed by atoms with E-state index in [-0.39, 0.29) is 22.2 Å². The number of benzene rings is 1. The fraction of sp³-hybridized carbons (Fsp3) is 0.364. The first kappa shape index (κ1) is 14.9. The summed E-state index contributed by atoms with van der Waals surface area (Å²) < 4.78 is 26.9. The largest absolute Gasteiger partial charge is 0.465 e. The van der Waals surface area contributed by atoms with Gasteiger partial charge >= 0.3 is 6.09 Å². The molecule has 0 spiro atoms. The molecular weight excluding hydrogens is 306 g/mol. The molecule has 9 heteroatoms. The van der Waals surface area contributed by atoms with Crippen LogP contribution in [0.2, 0.25) is 5.02 Å². The molecule has 1 aromatic carbocycles. The van der Waals surface area contributed by atoms with Gasteiger partial charge in [-0.25, -0.2) is 17.9 Å². The highest BCUT2D eigenvalue weighted by Crippen LogP contribution is 2.24. The molecule has 1 heterocycles. The quantitative estimate of drug-likeness (QED) is 0.718. The second kappa shape index (κ2) is 5.47. The fourth-order valence-corrected chi connectivity index (χ4v) is 3.84. The molecule has 1 amide bonds. The van der Waals surface area contributed by atoms with Crippen molar-refractivity contribution >= 4 is 33.4 Å². The minimum Gasteiger partial charge on any atom is -0.465 e. The molecule has 110 valence electrons. The van der Waals surface area contributed by atoms with Crippen LogP contribution in [0.15, 0.2) is 23.1 Å². The predicted molar refractivity (Wildman–Crippen MR) is 74.2 cm³/mol. The van der Waals surface area contributed by atoms with E-state index < -0.39 is 22.2 Å². The van der Waals surface area contributed by atoms with Gasteiger partial charge in [-0.3, -0.25) is 0 Å². The van der Waals surface area contributed by atoms with Crippen LogP contribution < -0.4 is 10.5 Å². The lowest BCUT2D eigenvalue weighted by Gasteiger charge is -2.15. The van der Waals surface area contributed by atoms with E-state index in [1.807, 2.05) is 0 Å². The molecule has 1 aliphatic rings. The van der Waals surface area contributed by atoms with Crippen LogP contribution in [0, 0.1) is 0 Å². The maximum Gasteiger partial charge on any atom is 0.407 e. The van der Waals surface area contributed by atoms with Crippen molar-refractivity contribution in [2.45, 2.75) is 17.4 Å². The number of nitrogens with zero attached hydrogens (tertiary/aromatic N) is 1. The fourth-order valence-electron chi connectivity index (χ4n) is 2.04. The SMILES string of the molecule is Nc1ccc(Cl)c(S(=O)(=O)N[C@@H]2CCN(C(=O)O)C2)c1. The van der Waals surface area contributed by atoms with Crippen molar-refractivity contribution in [2.75, 3.05) is 18.8 Å². The Kier molecular flexibility index (Phi) is 4.07. The van der Waals surface area contributed by atoms with E-state index in [0.717, 1.165) is 4.90 Å². The third-order valence-electron chi connectivity index (χ3n) is 3.03. The number of rotatable bonds is 3. The van der Waals surface area contributed by atoms with Crippen molar-refractivity contribution in [3.8, 4) is 0 Å². The lowest BCUT2D eigenvalue weighted by atomic mass is 10.3. The number of carboxylic acid groups (broad SMARTS) is 1. The molecule has 4 N–H and O–H groups in total. The smallest absolute Gasteiger partial charge is 0.407 e. The molecule has 0 aliphatic carbocycles. The molecule has 0 saturated carbocycles. The zero-order valence-electron chi connectivity index (χ0n) is 10.4. The van der Waals surface area contributed by atoms with E-state index in [0.29, 0.717) is 13.0 Å². The van der Waals surface area contributed by atoms with E-state index in [1.54, 1.807) is 0 Å². The van der Waals surface area contributed by atoms with Gasteiger partial charge in [-0.05, 0) is 24.6 Å². The molecular formula is C11H14ClN3O4S. The van der Waals surface area contributed by atoms with Gasteiger partial charge in [0.15, 0.2) is 0 Å². The second-order valence-corrected chi connectivity index (χ2v) is 6.61. The number of likely N-dealkylation sites (tertiary alicyclic amines) is 1. The van der Waals surface area contributed by atoms with E-state index in [2.05, 4.69) is 4.72 Å². The first-order valence-electron chi connectivity index (χ1n) is 5.85. The molecule has 1 aliphatic heterocycles. The Bertz CT molecular complexity index is 635. The van der Waals surface area contributed by atoms with Crippen molar-refractivity contribution in [3.63, 3.8) is 0 Å². The number of sulfonamides is 1. The highest BCUT2D eigenvalue weighted by molar-refractivity contribution is 7.89. The van der Waals surface area contributed by atoms with Gasteiger partial charge in [0, 0.05) is 24.8 Å². The lowest BCUT2D eigenvalue weighted by Crippen LogP contribution is -2.38. The monoisotopic (exact) mass is 319 g/mol. The van der Waals surface area contributed by atoms with E-state index >= 15 is 0 Å². The first-order chi connectivity index (χ1) is 9.29. The lowest BCUT2D eigenvalue weighted by molar-refractivity contribution is 0.155. The number of nitrogens with one attached hydrogen (secondary N) is 1. The zero-order chi connectivity index (χ0) is 14.9. The Balaban J connectivity index is 2.16. The topological polar surface area (TPSA) is 113 Å². The summed E-state index contributed by atoms with van der Waals surface area (Å²) in [5.74, 6) is 0. The van der Waals surface area contributed by atoms with Crippen LogP contribution in [0.3, 0.4) is 0 Å². The highest BCUT2D eigenvalue weighted by atomic mass is 35.5. The summed E-state index contributed by atoms with van der Waals surface area (Å²) in [4.78, 5) is 11.8. The molecule has 1 atom stereocenters. The predicted octanol–water partition coefficient (Wildman–Crippen LogP) is 0.953. The first-order valence-corrected chi connectivity index (χ1v) is 7.71. The number of hydrogen-bond donors (Lipinski definition) is 3. The summed E-state index contributed by atoms with van der Waals surface area (Å²) in [5.41, 5.74) is 5.84. The van der Waals surface area contributed by atoms with Crippen LogP contribution in [0.4, 0.5) is 10.5 Å². The average molecular weight is 320 g/mol. The van der Waals surface area contributed by atoms with Crippen molar-refractivity contribution in [3.05, 3.63) is 23.2 Å². The number of hydrogen-bond acceptors (Lipinski definition) is 4. The van der Waals surface area contributed by atoms with Crippen molar-refractivity contribution in [2.24, 2.45) is 0 Å². The minimum atomic E-state index is -3.83. The summed E-state index contributed by atoms with van der Waals surface area (Å²) >= 11 is 5.87. The summed E-state index contributed by atoms with van der Waals surface area (Å²) in [6.07, 6.45) is -0.639. The molecule has 0 unspecified atom stereocenters. The van der Waals surface area contributed by atoms with Gasteiger partial charge in [-0.15, -0.1) is 0 Å². The highest BCUT2D eigenvalue weighted by Gasteiger charge is 2.30. The van der Waals surface area contributed by atoms with E-state index in [4.69, 9.17) is 22.4 Å². The minimum absolute atomic E-state index is 0.0692. The standard InChI is InChI=1S/C11H14ClN3O4S/c12-9-2-1-7(13)5-10(9)20(18,19)14-8-3-4-15(6-8)11(16)17/h1-2,5,8,14H,3-4,6,13H2,(H,16,17)/t8-/m1/s1. The Morgan fingerprint density at radius 2 is 2.20 bits per heavy atom. The van der Waals surface area contributed by atoms with E-state index in [1.165, 1.54) is 18.2 Å². The van der Waals surface area contributed by atoms with Gasteiger partial charge in [0.05, 0.1) is 5.02 Å². The number of nitrogen functional groups attached to an aromatic ring is 1. The maximum absolute atomic E-state index is 12.2. The molecule has 0 bridgehead atoms. The van der Waals surface area contributed by atoms with Crippen LogP contribution in [-0.2, 0) is 10.0 Å². The Labute approximate surface area is 121 Å². The number of carbonyl (C=O) groups is 1. The van der Waals surface area contributed by atoms with Crippen molar-refractivity contribution < 1.29 is 18.3 Å². The van der Waals surface area contributed by atoms with Gasteiger partial charge in [0.1, 0.15) is 4.90 Å².